The van der Waals surface area contributed by atoms with Crippen LogP contribution in [0.3, 0.4) is 0 Å². The van der Waals surface area contributed by atoms with Crippen LogP contribution in [-0.4, -0.2) is 16.9 Å². The number of benzene rings is 3. The summed E-state index contributed by atoms with van der Waals surface area (Å²) in [7, 11) is 0. The molecule has 0 saturated heterocycles. The normalized spacial score (nSPS) is 11.8. The average molecular weight is 375 g/mol. The number of nitrogen functional groups attached to an aromatic ring is 1. The molecule has 3 N–H and O–H groups in total. The number of carbonyl (C=O) groups excluding carboxylic acids is 1. The maximum Gasteiger partial charge on any atom is 0.292 e. The van der Waals surface area contributed by atoms with Crippen LogP contribution in [0, 0.1) is 10.1 Å². The van der Waals surface area contributed by atoms with Crippen LogP contribution in [0.5, 0.6) is 0 Å². The molecule has 3 aromatic rings. The van der Waals surface area contributed by atoms with E-state index in [0.717, 1.165) is 11.1 Å². The first-order valence-electron chi connectivity index (χ1n) is 8.92. The van der Waals surface area contributed by atoms with Gasteiger partial charge in [-0.05, 0) is 30.2 Å². The highest BCUT2D eigenvalue weighted by molar-refractivity contribution is 5.95. The molecule has 142 valence electrons. The Bertz CT molecular complexity index is 935. The summed E-state index contributed by atoms with van der Waals surface area (Å²) in [6.07, 6.45) is 0. The third kappa shape index (κ3) is 4.17. The number of anilines is 1. The van der Waals surface area contributed by atoms with Crippen LogP contribution in [0.2, 0.25) is 0 Å². The monoisotopic (exact) mass is 375 g/mol. The summed E-state index contributed by atoms with van der Waals surface area (Å²) < 4.78 is 0. The molecule has 1 amide bonds. The van der Waals surface area contributed by atoms with Gasteiger partial charge in [-0.1, -0.05) is 60.7 Å². The highest BCUT2D eigenvalue weighted by Gasteiger charge is 2.24. The zero-order valence-corrected chi connectivity index (χ0v) is 15.4. The van der Waals surface area contributed by atoms with Crippen molar-refractivity contribution < 1.29 is 9.72 Å². The van der Waals surface area contributed by atoms with Crippen molar-refractivity contribution in [2.75, 3.05) is 5.73 Å². The molecule has 0 aromatic heterocycles. The van der Waals surface area contributed by atoms with Crippen LogP contribution in [0.25, 0.3) is 0 Å². The summed E-state index contributed by atoms with van der Waals surface area (Å²) in [5.41, 5.74) is 7.72. The van der Waals surface area contributed by atoms with Gasteiger partial charge in [-0.3, -0.25) is 14.9 Å². The molecule has 0 fully saturated rings. The fourth-order valence-electron chi connectivity index (χ4n) is 3.31. The van der Waals surface area contributed by atoms with Gasteiger partial charge in [0, 0.05) is 23.6 Å². The van der Waals surface area contributed by atoms with Gasteiger partial charge in [-0.2, -0.15) is 0 Å². The number of nitrogens with one attached hydrogen (secondary N) is 1. The topological polar surface area (TPSA) is 98.3 Å². The number of rotatable bonds is 6. The van der Waals surface area contributed by atoms with E-state index in [0.29, 0.717) is 0 Å². The maximum absolute atomic E-state index is 12.7. The lowest BCUT2D eigenvalue weighted by atomic mass is 9.85. The Kier molecular flexibility index (Phi) is 5.69. The number of carbonyl (C=O) groups is 1. The molecule has 1 atom stereocenters. The van der Waals surface area contributed by atoms with Crippen LogP contribution >= 0.6 is 0 Å². The Morgan fingerprint density at radius 1 is 0.964 bits per heavy atom. The van der Waals surface area contributed by atoms with Crippen LogP contribution in [-0.2, 0) is 0 Å². The molecule has 6 nitrogen and oxygen atoms in total. The molecule has 6 heteroatoms. The summed E-state index contributed by atoms with van der Waals surface area (Å²) >= 11 is 0. The molecule has 0 heterocycles. The van der Waals surface area contributed by atoms with Crippen molar-refractivity contribution in [1.82, 2.24) is 5.32 Å². The molecule has 0 saturated carbocycles. The van der Waals surface area contributed by atoms with Gasteiger partial charge in [-0.15, -0.1) is 0 Å². The Morgan fingerprint density at radius 2 is 1.50 bits per heavy atom. The third-order valence-corrected chi connectivity index (χ3v) is 4.67. The van der Waals surface area contributed by atoms with Gasteiger partial charge in [0.25, 0.3) is 11.6 Å². The van der Waals surface area contributed by atoms with Gasteiger partial charge in [-0.25, -0.2) is 0 Å². The van der Waals surface area contributed by atoms with Crippen LogP contribution < -0.4 is 11.1 Å². The molecule has 28 heavy (non-hydrogen) atoms. The number of nitrogens with two attached hydrogens (primary N) is 1. The largest absolute Gasteiger partial charge is 0.393 e. The first-order valence-corrected chi connectivity index (χ1v) is 8.92. The quantitative estimate of drug-likeness (QED) is 0.384. The van der Waals surface area contributed by atoms with Gasteiger partial charge in [0.05, 0.1) is 4.92 Å². The van der Waals surface area contributed by atoms with Crippen LogP contribution in [0.15, 0.2) is 78.9 Å². The molecule has 0 aliphatic heterocycles. The minimum atomic E-state index is -0.591. The number of hydrogen-bond acceptors (Lipinski definition) is 4. The summed E-state index contributed by atoms with van der Waals surface area (Å²) in [4.78, 5) is 23.2. The smallest absolute Gasteiger partial charge is 0.292 e. The fraction of sp³-hybridized carbons (Fsp3) is 0.136. The molecule has 3 rings (SSSR count). The Labute approximate surface area is 163 Å². The molecular formula is C22H21N3O3. The van der Waals surface area contributed by atoms with Crippen molar-refractivity contribution >= 4 is 17.3 Å². The zero-order chi connectivity index (χ0) is 20.1. The van der Waals surface area contributed by atoms with Crippen molar-refractivity contribution in [3.05, 3.63) is 106 Å². The lowest BCUT2D eigenvalue weighted by Gasteiger charge is -2.26. The molecule has 0 aliphatic carbocycles. The summed E-state index contributed by atoms with van der Waals surface area (Å²) in [6, 6.07) is 23.7. The van der Waals surface area contributed by atoms with E-state index in [9.17, 15) is 14.9 Å². The van der Waals surface area contributed by atoms with Crippen molar-refractivity contribution in [3.8, 4) is 0 Å². The van der Waals surface area contributed by atoms with Crippen molar-refractivity contribution in [3.63, 3.8) is 0 Å². The van der Waals surface area contributed by atoms with Crippen molar-refractivity contribution in [1.29, 1.82) is 0 Å². The summed E-state index contributed by atoms with van der Waals surface area (Å²) in [5, 5.41) is 14.1. The Balaban J connectivity index is 1.88. The molecule has 0 radical (unpaired) electrons. The second-order valence-electron chi connectivity index (χ2n) is 6.59. The van der Waals surface area contributed by atoms with Gasteiger partial charge in [0.1, 0.15) is 5.69 Å². The predicted molar refractivity (Wildman–Crippen MR) is 109 cm³/mol. The SMILES string of the molecule is CC(NC(=O)c1ccc(N)c([N+](=O)[O-])c1)C(c1ccccc1)c1ccccc1. The lowest BCUT2D eigenvalue weighted by molar-refractivity contribution is -0.383. The Hall–Kier alpha value is -3.67. The van der Waals surface area contributed by atoms with Gasteiger partial charge < -0.3 is 11.1 Å². The number of hydrogen-bond donors (Lipinski definition) is 2. The van der Waals surface area contributed by atoms with E-state index in [-0.39, 0.29) is 34.8 Å². The van der Waals surface area contributed by atoms with Gasteiger partial charge >= 0.3 is 0 Å². The molecule has 0 bridgehead atoms. The lowest BCUT2D eigenvalue weighted by Crippen LogP contribution is -2.37. The molecule has 1 unspecified atom stereocenters. The predicted octanol–water partition coefficient (Wildman–Crippen LogP) is 4.13. The van der Waals surface area contributed by atoms with Crippen molar-refractivity contribution in [2.24, 2.45) is 0 Å². The first kappa shape index (κ1) is 19.1. The van der Waals surface area contributed by atoms with E-state index >= 15 is 0 Å². The second-order valence-corrected chi connectivity index (χ2v) is 6.59. The number of nitro benzene ring substituents is 1. The van der Waals surface area contributed by atoms with Gasteiger partial charge in [0.2, 0.25) is 0 Å². The van der Waals surface area contributed by atoms with Crippen LogP contribution in [0.1, 0.15) is 34.3 Å². The van der Waals surface area contributed by atoms with Gasteiger partial charge in [0.15, 0.2) is 0 Å². The van der Waals surface area contributed by atoms with Crippen LogP contribution in [0.4, 0.5) is 11.4 Å². The standard InChI is InChI=1S/C22H21N3O3/c1-15(24-22(26)18-12-13-19(23)20(14-18)25(27)28)21(16-8-4-2-5-9-16)17-10-6-3-7-11-17/h2-15,21H,23H2,1H3,(H,24,26). The highest BCUT2D eigenvalue weighted by atomic mass is 16.6. The van der Waals surface area contributed by atoms with E-state index in [2.05, 4.69) is 5.32 Å². The molecule has 3 aromatic carbocycles. The second kappa shape index (κ2) is 8.35. The molecule has 0 aliphatic rings. The fourth-order valence-corrected chi connectivity index (χ4v) is 3.31. The maximum atomic E-state index is 12.7. The summed E-state index contributed by atoms with van der Waals surface area (Å²) in [6.45, 7) is 1.92. The third-order valence-electron chi connectivity index (χ3n) is 4.67. The number of amides is 1. The van der Waals surface area contributed by atoms with E-state index < -0.39 is 4.92 Å². The van der Waals surface area contributed by atoms with Crippen molar-refractivity contribution in [2.45, 2.75) is 18.9 Å². The number of nitrogens with zero attached hydrogens (tertiary/aromatic N) is 1. The Morgan fingerprint density at radius 3 is 2.00 bits per heavy atom. The minimum Gasteiger partial charge on any atom is -0.393 e. The molecule has 0 spiro atoms. The summed E-state index contributed by atoms with van der Waals surface area (Å²) in [5.74, 6) is -0.442. The highest BCUT2D eigenvalue weighted by Crippen LogP contribution is 2.28. The van der Waals surface area contributed by atoms with E-state index in [1.807, 2.05) is 67.6 Å². The average Bonchev–Trinajstić information content (AvgIpc) is 2.70. The van der Waals surface area contributed by atoms with E-state index in [1.165, 1.54) is 18.2 Å². The molecular weight excluding hydrogens is 354 g/mol. The minimum absolute atomic E-state index is 0.0287. The first-order chi connectivity index (χ1) is 13.5. The number of nitro groups is 1. The van der Waals surface area contributed by atoms with E-state index in [4.69, 9.17) is 5.73 Å². The van der Waals surface area contributed by atoms with E-state index in [1.54, 1.807) is 0 Å². The zero-order valence-electron chi connectivity index (χ0n) is 15.4.